The minimum absolute atomic E-state index is 0.0173. The van der Waals surface area contributed by atoms with Gasteiger partial charge < -0.3 is 9.47 Å². The van der Waals surface area contributed by atoms with Crippen LogP contribution in [-0.2, 0) is 0 Å². The summed E-state index contributed by atoms with van der Waals surface area (Å²) in [5, 5.41) is 11.1. The quantitative estimate of drug-likeness (QED) is 0.313. The van der Waals surface area contributed by atoms with Crippen molar-refractivity contribution in [1.29, 1.82) is 0 Å². The zero-order valence-electron chi connectivity index (χ0n) is 11.0. The Morgan fingerprint density at radius 2 is 2.11 bits per heavy atom. The number of nitro groups is 1. The molecule has 0 unspecified atom stereocenters. The van der Waals surface area contributed by atoms with E-state index in [0.29, 0.717) is 12.9 Å². The van der Waals surface area contributed by atoms with Crippen LogP contribution in [0.3, 0.4) is 0 Å². The molecule has 0 aromatic heterocycles. The van der Waals surface area contributed by atoms with E-state index in [1.807, 2.05) is 0 Å². The molecule has 0 amide bonds. The SMILES string of the molecule is CCCCCOc1c(OC)ccc(C=O)c1[N+](=O)[O-]. The second kappa shape index (κ2) is 7.35. The zero-order chi connectivity index (χ0) is 14.3. The summed E-state index contributed by atoms with van der Waals surface area (Å²) in [6, 6.07) is 2.84. The topological polar surface area (TPSA) is 78.7 Å². The minimum Gasteiger partial charge on any atom is -0.493 e. The normalized spacial score (nSPS) is 10.0. The Balaban J connectivity index is 3.08. The first-order chi connectivity index (χ1) is 9.15. The smallest absolute Gasteiger partial charge is 0.325 e. The number of hydrogen-bond acceptors (Lipinski definition) is 5. The maximum absolute atomic E-state index is 11.1. The first-order valence-electron chi connectivity index (χ1n) is 6.09. The van der Waals surface area contributed by atoms with E-state index in [9.17, 15) is 14.9 Å². The highest BCUT2D eigenvalue weighted by Gasteiger charge is 2.25. The number of ether oxygens (including phenoxy) is 2. The van der Waals surface area contributed by atoms with Crippen molar-refractivity contribution < 1.29 is 19.2 Å². The fourth-order valence-electron chi connectivity index (χ4n) is 1.68. The molecule has 0 aliphatic heterocycles. The van der Waals surface area contributed by atoms with Crippen molar-refractivity contribution in [2.45, 2.75) is 26.2 Å². The molecule has 0 spiro atoms. The van der Waals surface area contributed by atoms with Gasteiger partial charge in [-0.3, -0.25) is 14.9 Å². The van der Waals surface area contributed by atoms with Crippen LogP contribution in [0.15, 0.2) is 12.1 Å². The van der Waals surface area contributed by atoms with Gasteiger partial charge in [-0.25, -0.2) is 0 Å². The molecule has 0 aliphatic carbocycles. The Hall–Kier alpha value is -2.11. The molecule has 0 saturated carbocycles. The lowest BCUT2D eigenvalue weighted by molar-refractivity contribution is -0.386. The number of rotatable bonds is 8. The van der Waals surface area contributed by atoms with Gasteiger partial charge in [0.15, 0.2) is 12.0 Å². The average Bonchev–Trinajstić information content (AvgIpc) is 2.42. The van der Waals surface area contributed by atoms with Gasteiger partial charge >= 0.3 is 5.69 Å². The summed E-state index contributed by atoms with van der Waals surface area (Å²) >= 11 is 0. The minimum atomic E-state index is -0.624. The number of carbonyl (C=O) groups is 1. The maximum atomic E-state index is 11.1. The second-order valence-electron chi connectivity index (χ2n) is 3.97. The van der Waals surface area contributed by atoms with Crippen LogP contribution >= 0.6 is 0 Å². The van der Waals surface area contributed by atoms with Gasteiger partial charge in [0.25, 0.3) is 0 Å². The van der Waals surface area contributed by atoms with E-state index >= 15 is 0 Å². The van der Waals surface area contributed by atoms with Gasteiger partial charge in [-0.1, -0.05) is 19.8 Å². The Labute approximate surface area is 111 Å². The number of nitrogens with zero attached hydrogens (tertiary/aromatic N) is 1. The zero-order valence-corrected chi connectivity index (χ0v) is 11.0. The Morgan fingerprint density at radius 1 is 1.37 bits per heavy atom. The van der Waals surface area contributed by atoms with Crippen LogP contribution in [0.4, 0.5) is 5.69 Å². The predicted molar refractivity (Wildman–Crippen MR) is 70.1 cm³/mol. The monoisotopic (exact) mass is 267 g/mol. The molecule has 0 atom stereocenters. The molecule has 6 heteroatoms. The number of hydrogen-bond donors (Lipinski definition) is 0. The molecular formula is C13H17NO5. The third-order valence-corrected chi connectivity index (χ3v) is 2.65. The maximum Gasteiger partial charge on any atom is 0.325 e. The number of nitro benzene ring substituents is 1. The molecule has 0 bridgehead atoms. The van der Waals surface area contributed by atoms with Crippen LogP contribution in [0.25, 0.3) is 0 Å². The molecular weight excluding hydrogens is 250 g/mol. The van der Waals surface area contributed by atoms with Crippen molar-refractivity contribution in [2.24, 2.45) is 0 Å². The van der Waals surface area contributed by atoms with Crippen molar-refractivity contribution in [2.75, 3.05) is 13.7 Å². The van der Waals surface area contributed by atoms with Crippen molar-refractivity contribution in [3.05, 3.63) is 27.8 Å². The lowest BCUT2D eigenvalue weighted by atomic mass is 10.1. The largest absolute Gasteiger partial charge is 0.493 e. The van der Waals surface area contributed by atoms with Crippen molar-refractivity contribution >= 4 is 12.0 Å². The van der Waals surface area contributed by atoms with Crippen LogP contribution in [0.2, 0.25) is 0 Å². The standard InChI is InChI=1S/C13H17NO5/c1-3-4-5-8-19-13-11(18-2)7-6-10(9-15)12(13)14(16)17/h6-7,9H,3-5,8H2,1-2H3. The van der Waals surface area contributed by atoms with Crippen LogP contribution < -0.4 is 9.47 Å². The number of aldehydes is 1. The summed E-state index contributed by atoms with van der Waals surface area (Å²) in [4.78, 5) is 21.3. The molecule has 19 heavy (non-hydrogen) atoms. The number of methoxy groups -OCH3 is 1. The molecule has 0 saturated heterocycles. The molecule has 6 nitrogen and oxygen atoms in total. The molecule has 0 radical (unpaired) electrons. The van der Waals surface area contributed by atoms with E-state index in [-0.39, 0.29) is 22.7 Å². The molecule has 1 aromatic carbocycles. The van der Waals surface area contributed by atoms with Crippen LogP contribution in [0, 0.1) is 10.1 Å². The van der Waals surface area contributed by atoms with Crippen molar-refractivity contribution in [1.82, 2.24) is 0 Å². The Bertz CT molecular complexity index is 459. The highest BCUT2D eigenvalue weighted by molar-refractivity contribution is 5.85. The van der Waals surface area contributed by atoms with E-state index in [1.54, 1.807) is 0 Å². The summed E-state index contributed by atoms with van der Waals surface area (Å²) < 4.78 is 10.5. The van der Waals surface area contributed by atoms with Gasteiger partial charge in [-0.15, -0.1) is 0 Å². The van der Waals surface area contributed by atoms with E-state index < -0.39 is 4.92 Å². The molecule has 0 heterocycles. The van der Waals surface area contributed by atoms with Gasteiger partial charge in [0.05, 0.1) is 24.2 Å². The third kappa shape index (κ3) is 3.67. The van der Waals surface area contributed by atoms with Crippen molar-refractivity contribution in [3.8, 4) is 11.5 Å². The van der Waals surface area contributed by atoms with E-state index in [4.69, 9.17) is 9.47 Å². The van der Waals surface area contributed by atoms with Crippen LogP contribution in [0.1, 0.15) is 36.5 Å². The molecule has 104 valence electrons. The summed E-state index contributed by atoms with van der Waals surface area (Å²) in [5.41, 5.74) is -0.359. The highest BCUT2D eigenvalue weighted by atomic mass is 16.6. The van der Waals surface area contributed by atoms with E-state index in [2.05, 4.69) is 6.92 Å². The summed E-state index contributed by atoms with van der Waals surface area (Å²) in [6.45, 7) is 2.41. The van der Waals surface area contributed by atoms with Gasteiger partial charge in [-0.05, 0) is 18.6 Å². The van der Waals surface area contributed by atoms with Crippen LogP contribution in [-0.4, -0.2) is 24.9 Å². The predicted octanol–water partition coefficient (Wildman–Crippen LogP) is 2.98. The van der Waals surface area contributed by atoms with Crippen LogP contribution in [0.5, 0.6) is 11.5 Å². The van der Waals surface area contributed by atoms with Gasteiger partial charge in [-0.2, -0.15) is 0 Å². The molecule has 0 fully saturated rings. The Morgan fingerprint density at radius 3 is 2.63 bits per heavy atom. The lowest BCUT2D eigenvalue weighted by Gasteiger charge is -2.11. The molecule has 0 aliphatic rings. The Kier molecular flexibility index (Phi) is 5.78. The number of benzene rings is 1. The summed E-state index contributed by atoms with van der Waals surface area (Å²) in [7, 11) is 1.40. The van der Waals surface area contributed by atoms with E-state index in [0.717, 1.165) is 19.3 Å². The van der Waals surface area contributed by atoms with Gasteiger partial charge in [0.2, 0.25) is 5.75 Å². The molecule has 1 rings (SSSR count). The lowest BCUT2D eigenvalue weighted by Crippen LogP contribution is -2.05. The summed E-state index contributed by atoms with van der Waals surface area (Å²) in [5.74, 6) is 0.280. The van der Waals surface area contributed by atoms with Gasteiger partial charge in [0, 0.05) is 0 Å². The highest BCUT2D eigenvalue weighted by Crippen LogP contribution is 2.39. The van der Waals surface area contributed by atoms with E-state index in [1.165, 1.54) is 19.2 Å². The fraction of sp³-hybridized carbons (Fsp3) is 0.462. The molecule has 1 aromatic rings. The average molecular weight is 267 g/mol. The first kappa shape index (κ1) is 14.9. The number of carbonyl (C=O) groups excluding carboxylic acids is 1. The third-order valence-electron chi connectivity index (χ3n) is 2.65. The summed E-state index contributed by atoms with van der Waals surface area (Å²) in [6.07, 6.45) is 3.24. The number of unbranched alkanes of at least 4 members (excludes halogenated alkanes) is 2. The molecule has 0 N–H and O–H groups in total. The fourth-order valence-corrected chi connectivity index (χ4v) is 1.68. The first-order valence-corrected chi connectivity index (χ1v) is 6.09. The van der Waals surface area contributed by atoms with Crippen molar-refractivity contribution in [3.63, 3.8) is 0 Å². The van der Waals surface area contributed by atoms with Gasteiger partial charge in [0.1, 0.15) is 0 Å². The second-order valence-corrected chi connectivity index (χ2v) is 3.97.